The predicted molar refractivity (Wildman–Crippen MR) is 92.6 cm³/mol. The van der Waals surface area contributed by atoms with E-state index in [1.54, 1.807) is 6.92 Å². The lowest BCUT2D eigenvalue weighted by molar-refractivity contribution is -0.201. The van der Waals surface area contributed by atoms with Crippen LogP contribution in [0.25, 0.3) is 0 Å². The average molecular weight is 405 g/mol. The molecule has 0 heterocycles. The Kier molecular flexibility index (Phi) is 11.4. The van der Waals surface area contributed by atoms with Crippen LogP contribution in [0.4, 0.5) is 0 Å². The van der Waals surface area contributed by atoms with Crippen molar-refractivity contribution in [3.8, 4) is 0 Å². The molecule has 0 saturated heterocycles. The van der Waals surface area contributed by atoms with Gasteiger partial charge in [-0.25, -0.2) is 0 Å². The van der Waals surface area contributed by atoms with Crippen LogP contribution in [0.15, 0.2) is 0 Å². The number of rotatable bonds is 11. The summed E-state index contributed by atoms with van der Waals surface area (Å²) in [6, 6.07) is 0. The summed E-state index contributed by atoms with van der Waals surface area (Å²) >= 11 is 0. The molecule has 28 heavy (non-hydrogen) atoms. The van der Waals surface area contributed by atoms with Crippen LogP contribution < -0.4 is 5.32 Å². The smallest absolute Gasteiger partial charge is 0.303 e. The summed E-state index contributed by atoms with van der Waals surface area (Å²) in [7, 11) is 0. The Labute approximate surface area is 162 Å². The summed E-state index contributed by atoms with van der Waals surface area (Å²) in [4.78, 5) is 58.5. The second-order valence-corrected chi connectivity index (χ2v) is 5.80. The van der Waals surface area contributed by atoms with Crippen LogP contribution >= 0.6 is 0 Å². The highest BCUT2D eigenvalue weighted by atomic mass is 16.6. The minimum Gasteiger partial charge on any atom is -0.456 e. The standard InChI is InChI=1S/C17H27NO10/c1-6-7-18-17(24)16(28-12(5)23)15(27-11(4)22)14(26-10(3)21)13(8-19)25-9(2)20/h13-16,19H,6-8H2,1-5H3,(H,18,24). The number of hydrogen-bond acceptors (Lipinski definition) is 10. The van der Waals surface area contributed by atoms with Crippen molar-refractivity contribution < 1.29 is 48.0 Å². The first-order chi connectivity index (χ1) is 13.0. The Bertz CT molecular complexity index is 576. The fourth-order valence-electron chi connectivity index (χ4n) is 2.26. The highest BCUT2D eigenvalue weighted by Gasteiger charge is 2.46. The summed E-state index contributed by atoms with van der Waals surface area (Å²) in [5.41, 5.74) is 0. The van der Waals surface area contributed by atoms with Crippen LogP contribution in [0.3, 0.4) is 0 Å². The van der Waals surface area contributed by atoms with Gasteiger partial charge in [-0.1, -0.05) is 6.92 Å². The van der Waals surface area contributed by atoms with Gasteiger partial charge >= 0.3 is 23.9 Å². The van der Waals surface area contributed by atoms with Gasteiger partial charge in [0.05, 0.1) is 6.61 Å². The zero-order valence-corrected chi connectivity index (χ0v) is 16.6. The van der Waals surface area contributed by atoms with Gasteiger partial charge in [-0.3, -0.25) is 24.0 Å². The first-order valence-electron chi connectivity index (χ1n) is 8.60. The molecule has 0 radical (unpaired) electrons. The van der Waals surface area contributed by atoms with E-state index in [4.69, 9.17) is 18.9 Å². The van der Waals surface area contributed by atoms with Crippen LogP contribution in [-0.2, 0) is 42.9 Å². The SMILES string of the molecule is CCCNC(=O)C(OC(C)=O)C(OC(C)=O)C(OC(C)=O)C(CO)OC(C)=O. The number of carbonyl (C=O) groups is 5. The van der Waals surface area contributed by atoms with Gasteiger partial charge in [0.25, 0.3) is 5.91 Å². The molecule has 0 rings (SSSR count). The van der Waals surface area contributed by atoms with Crippen LogP contribution in [0, 0.1) is 0 Å². The minimum absolute atomic E-state index is 0.231. The summed E-state index contributed by atoms with van der Waals surface area (Å²) in [5.74, 6) is -4.27. The molecule has 0 bridgehead atoms. The summed E-state index contributed by atoms with van der Waals surface area (Å²) in [6.45, 7) is 5.32. The van der Waals surface area contributed by atoms with Gasteiger partial charge in [0, 0.05) is 34.2 Å². The van der Waals surface area contributed by atoms with Gasteiger partial charge < -0.3 is 29.4 Å². The number of nitrogens with one attached hydrogen (secondary N) is 1. The Morgan fingerprint density at radius 3 is 1.64 bits per heavy atom. The molecule has 0 aromatic rings. The maximum Gasteiger partial charge on any atom is 0.303 e. The minimum atomic E-state index is -1.72. The third-order valence-corrected chi connectivity index (χ3v) is 3.19. The molecule has 4 unspecified atom stereocenters. The lowest BCUT2D eigenvalue weighted by atomic mass is 10.0. The van der Waals surface area contributed by atoms with E-state index in [0.29, 0.717) is 6.42 Å². The van der Waals surface area contributed by atoms with E-state index in [9.17, 15) is 29.1 Å². The topological polar surface area (TPSA) is 155 Å². The molecule has 0 saturated carbocycles. The molecule has 11 nitrogen and oxygen atoms in total. The van der Waals surface area contributed by atoms with E-state index < -0.39 is 60.8 Å². The third-order valence-electron chi connectivity index (χ3n) is 3.19. The fourth-order valence-corrected chi connectivity index (χ4v) is 2.26. The van der Waals surface area contributed by atoms with Crippen LogP contribution in [0.1, 0.15) is 41.0 Å². The van der Waals surface area contributed by atoms with Crippen LogP contribution in [0.2, 0.25) is 0 Å². The van der Waals surface area contributed by atoms with Gasteiger partial charge in [0.1, 0.15) is 0 Å². The van der Waals surface area contributed by atoms with E-state index >= 15 is 0 Å². The molecule has 4 atom stereocenters. The van der Waals surface area contributed by atoms with E-state index in [1.807, 2.05) is 0 Å². The van der Waals surface area contributed by atoms with Crippen LogP contribution in [-0.4, -0.2) is 72.5 Å². The van der Waals surface area contributed by atoms with E-state index in [2.05, 4.69) is 5.32 Å². The molecule has 0 aromatic heterocycles. The predicted octanol–water partition coefficient (Wildman–Crippen LogP) is -0.768. The normalized spacial score (nSPS) is 14.6. The largest absolute Gasteiger partial charge is 0.456 e. The van der Waals surface area contributed by atoms with Crippen molar-refractivity contribution in [1.82, 2.24) is 5.32 Å². The Balaban J connectivity index is 6.12. The molecular weight excluding hydrogens is 378 g/mol. The lowest BCUT2D eigenvalue weighted by Crippen LogP contribution is -2.57. The molecule has 0 aromatic carbocycles. The molecule has 1 amide bonds. The second-order valence-electron chi connectivity index (χ2n) is 5.80. The number of aliphatic hydroxyl groups is 1. The molecule has 11 heteroatoms. The first kappa shape index (κ1) is 25.3. The maximum atomic E-state index is 12.5. The molecule has 0 spiro atoms. The van der Waals surface area contributed by atoms with Gasteiger partial charge in [-0.2, -0.15) is 0 Å². The third kappa shape index (κ3) is 9.31. The van der Waals surface area contributed by atoms with Crippen molar-refractivity contribution in [2.45, 2.75) is 65.5 Å². The van der Waals surface area contributed by atoms with Crippen molar-refractivity contribution in [3.63, 3.8) is 0 Å². The fraction of sp³-hybridized carbons (Fsp3) is 0.706. The zero-order chi connectivity index (χ0) is 21.9. The molecule has 0 aliphatic rings. The monoisotopic (exact) mass is 405 g/mol. The highest BCUT2D eigenvalue weighted by molar-refractivity contribution is 5.84. The molecule has 0 fully saturated rings. The maximum absolute atomic E-state index is 12.5. The van der Waals surface area contributed by atoms with Crippen molar-refractivity contribution in [2.24, 2.45) is 0 Å². The Morgan fingerprint density at radius 1 is 0.786 bits per heavy atom. The molecule has 0 aliphatic carbocycles. The van der Waals surface area contributed by atoms with E-state index in [0.717, 1.165) is 27.7 Å². The molecule has 2 N–H and O–H groups in total. The van der Waals surface area contributed by atoms with Crippen molar-refractivity contribution in [2.75, 3.05) is 13.2 Å². The number of esters is 4. The average Bonchev–Trinajstić information content (AvgIpc) is 2.57. The number of ether oxygens (including phenoxy) is 4. The Hall–Kier alpha value is -2.69. The van der Waals surface area contributed by atoms with Crippen molar-refractivity contribution in [3.05, 3.63) is 0 Å². The van der Waals surface area contributed by atoms with Gasteiger partial charge in [-0.05, 0) is 6.42 Å². The number of hydrogen-bond donors (Lipinski definition) is 2. The van der Waals surface area contributed by atoms with E-state index in [1.165, 1.54) is 0 Å². The quantitative estimate of drug-likeness (QED) is 0.331. The van der Waals surface area contributed by atoms with E-state index in [-0.39, 0.29) is 6.54 Å². The van der Waals surface area contributed by atoms with Crippen molar-refractivity contribution >= 4 is 29.8 Å². The lowest BCUT2D eigenvalue weighted by Gasteiger charge is -2.34. The Morgan fingerprint density at radius 2 is 1.25 bits per heavy atom. The molecule has 0 aliphatic heterocycles. The summed E-state index contributed by atoms with van der Waals surface area (Å²) < 4.78 is 20.0. The number of carbonyl (C=O) groups excluding carboxylic acids is 5. The second kappa shape index (κ2) is 12.7. The van der Waals surface area contributed by atoms with Gasteiger partial charge in [0.2, 0.25) is 6.10 Å². The highest BCUT2D eigenvalue weighted by Crippen LogP contribution is 2.20. The summed E-state index contributed by atoms with van der Waals surface area (Å²) in [5, 5.41) is 12.0. The number of aliphatic hydroxyl groups excluding tert-OH is 1. The van der Waals surface area contributed by atoms with Gasteiger partial charge in [0.15, 0.2) is 18.3 Å². The van der Waals surface area contributed by atoms with Gasteiger partial charge in [-0.15, -0.1) is 0 Å². The molecular formula is C17H27NO10. The summed E-state index contributed by atoms with van der Waals surface area (Å²) in [6.07, 6.45) is -5.94. The van der Waals surface area contributed by atoms with Crippen molar-refractivity contribution in [1.29, 1.82) is 0 Å². The molecule has 160 valence electrons. The first-order valence-corrected chi connectivity index (χ1v) is 8.60. The zero-order valence-electron chi connectivity index (χ0n) is 16.6. The van der Waals surface area contributed by atoms with Crippen LogP contribution in [0.5, 0.6) is 0 Å². The number of amides is 1.